The molecule has 108 valence electrons. The lowest BCUT2D eigenvalue weighted by atomic mass is 10.0. The van der Waals surface area contributed by atoms with Crippen LogP contribution in [0.5, 0.6) is 0 Å². The summed E-state index contributed by atoms with van der Waals surface area (Å²) in [6, 6.07) is 7.94. The zero-order valence-electron chi connectivity index (χ0n) is 12.2. The lowest BCUT2D eigenvalue weighted by molar-refractivity contribution is 0.560. The van der Waals surface area contributed by atoms with Gasteiger partial charge in [0.25, 0.3) is 0 Å². The molecule has 0 fully saturated rings. The van der Waals surface area contributed by atoms with E-state index in [1.165, 1.54) is 0 Å². The molecule has 1 aromatic heterocycles. The van der Waals surface area contributed by atoms with Crippen molar-refractivity contribution in [1.29, 1.82) is 0 Å². The molecule has 2 rings (SSSR count). The number of rotatable bonds is 5. The zero-order chi connectivity index (χ0) is 14.7. The second kappa shape index (κ2) is 6.29. The molecule has 1 heterocycles. The molecule has 5 heteroatoms. The molecule has 0 saturated carbocycles. The lowest BCUT2D eigenvalue weighted by Gasteiger charge is -2.17. The maximum Gasteiger partial charge on any atom is 0.0837 e. The third-order valence-corrected chi connectivity index (χ3v) is 3.62. The molecule has 0 radical (unpaired) electrons. The Morgan fingerprint density at radius 2 is 1.95 bits per heavy atom. The van der Waals surface area contributed by atoms with Gasteiger partial charge in [-0.05, 0) is 24.1 Å². The van der Waals surface area contributed by atoms with Crippen molar-refractivity contribution in [3.05, 3.63) is 46.7 Å². The summed E-state index contributed by atoms with van der Waals surface area (Å²) in [5, 5.41) is 4.92. The first kappa shape index (κ1) is 14.9. The first-order chi connectivity index (χ1) is 9.54. The van der Waals surface area contributed by atoms with E-state index in [0.717, 1.165) is 29.9 Å². The van der Waals surface area contributed by atoms with Gasteiger partial charge in [-0.15, -0.1) is 0 Å². The van der Waals surface area contributed by atoms with Crippen molar-refractivity contribution < 1.29 is 0 Å². The summed E-state index contributed by atoms with van der Waals surface area (Å²) >= 11 is 6.24. The Bertz CT molecular complexity index is 560. The number of hydrogen-bond acceptors (Lipinski definition) is 3. The highest BCUT2D eigenvalue weighted by Crippen LogP contribution is 2.27. The van der Waals surface area contributed by atoms with Crippen LogP contribution < -0.4 is 10.6 Å². The van der Waals surface area contributed by atoms with E-state index in [0.29, 0.717) is 5.02 Å². The maximum absolute atomic E-state index is 6.36. The second-order valence-electron chi connectivity index (χ2n) is 5.06. The lowest BCUT2D eigenvalue weighted by Crippen LogP contribution is -2.18. The van der Waals surface area contributed by atoms with Crippen LogP contribution in [0.15, 0.2) is 30.5 Å². The minimum absolute atomic E-state index is 0.257. The van der Waals surface area contributed by atoms with Crippen molar-refractivity contribution in [3.63, 3.8) is 0 Å². The summed E-state index contributed by atoms with van der Waals surface area (Å²) in [6.45, 7) is 2.93. The van der Waals surface area contributed by atoms with Crippen LogP contribution in [0.2, 0.25) is 5.02 Å². The van der Waals surface area contributed by atoms with E-state index in [1.54, 1.807) is 6.20 Å². The molecule has 4 nitrogen and oxygen atoms in total. The summed E-state index contributed by atoms with van der Waals surface area (Å²) in [5.74, 6) is 0. The summed E-state index contributed by atoms with van der Waals surface area (Å²) in [4.78, 5) is 2.06. The molecule has 0 aliphatic heterocycles. The van der Waals surface area contributed by atoms with Crippen LogP contribution in [0.1, 0.15) is 30.6 Å². The Kier molecular flexibility index (Phi) is 4.68. The fourth-order valence-corrected chi connectivity index (χ4v) is 2.47. The van der Waals surface area contributed by atoms with Crippen molar-refractivity contribution in [2.75, 3.05) is 19.0 Å². The Balaban J connectivity index is 2.31. The zero-order valence-corrected chi connectivity index (χ0v) is 12.9. The smallest absolute Gasteiger partial charge is 0.0837 e. The summed E-state index contributed by atoms with van der Waals surface area (Å²) in [5.41, 5.74) is 9.43. The first-order valence-electron chi connectivity index (χ1n) is 6.78. The van der Waals surface area contributed by atoms with Gasteiger partial charge in [-0.1, -0.05) is 30.7 Å². The number of aryl methyl sites for hydroxylation is 1. The normalized spacial score (nSPS) is 12.4. The maximum atomic E-state index is 6.36. The molecule has 1 atom stereocenters. The Hall–Kier alpha value is -1.52. The van der Waals surface area contributed by atoms with Gasteiger partial charge in [-0.3, -0.25) is 4.68 Å². The molecule has 2 aromatic rings. The predicted molar refractivity (Wildman–Crippen MR) is 84.3 cm³/mol. The van der Waals surface area contributed by atoms with Crippen LogP contribution in [-0.2, 0) is 6.54 Å². The summed E-state index contributed by atoms with van der Waals surface area (Å²) < 4.78 is 1.90. The van der Waals surface area contributed by atoms with Crippen LogP contribution in [0.4, 0.5) is 5.69 Å². The van der Waals surface area contributed by atoms with Gasteiger partial charge in [-0.2, -0.15) is 5.10 Å². The van der Waals surface area contributed by atoms with E-state index in [1.807, 2.05) is 30.9 Å². The van der Waals surface area contributed by atoms with Gasteiger partial charge in [0.2, 0.25) is 0 Å². The molecule has 2 N–H and O–H groups in total. The average molecular weight is 293 g/mol. The molecule has 0 saturated heterocycles. The minimum atomic E-state index is -0.257. The SMILES string of the molecule is CCCn1ncc(Cl)c1C(N)c1ccc(N(C)C)cc1. The van der Waals surface area contributed by atoms with Crippen LogP contribution >= 0.6 is 11.6 Å². The molecule has 1 unspecified atom stereocenters. The van der Waals surface area contributed by atoms with Crippen molar-refractivity contribution in [2.24, 2.45) is 5.73 Å². The number of halogens is 1. The molecule has 0 bridgehead atoms. The van der Waals surface area contributed by atoms with Crippen molar-refractivity contribution in [2.45, 2.75) is 25.9 Å². The van der Waals surface area contributed by atoms with Gasteiger partial charge >= 0.3 is 0 Å². The average Bonchev–Trinajstić information content (AvgIpc) is 2.79. The molecule has 20 heavy (non-hydrogen) atoms. The molecule has 1 aromatic carbocycles. The van der Waals surface area contributed by atoms with E-state index < -0.39 is 0 Å². The third-order valence-electron chi connectivity index (χ3n) is 3.33. The van der Waals surface area contributed by atoms with Crippen LogP contribution in [0.25, 0.3) is 0 Å². The number of aromatic nitrogens is 2. The van der Waals surface area contributed by atoms with E-state index in [9.17, 15) is 0 Å². The number of hydrogen-bond donors (Lipinski definition) is 1. The van der Waals surface area contributed by atoms with Crippen molar-refractivity contribution in [3.8, 4) is 0 Å². The standard InChI is InChI=1S/C15H21ClN4/c1-4-9-20-15(13(16)10-18-20)14(17)11-5-7-12(8-6-11)19(2)3/h5-8,10,14H,4,9,17H2,1-3H3. The highest BCUT2D eigenvalue weighted by molar-refractivity contribution is 6.31. The molecule has 0 spiro atoms. The second-order valence-corrected chi connectivity index (χ2v) is 5.47. The van der Waals surface area contributed by atoms with Crippen molar-refractivity contribution in [1.82, 2.24) is 9.78 Å². The topological polar surface area (TPSA) is 47.1 Å². The summed E-state index contributed by atoms with van der Waals surface area (Å²) in [7, 11) is 4.03. The van der Waals surface area contributed by atoms with Gasteiger partial charge < -0.3 is 10.6 Å². The molecule has 0 aliphatic carbocycles. The van der Waals surface area contributed by atoms with E-state index in [4.69, 9.17) is 17.3 Å². The monoisotopic (exact) mass is 292 g/mol. The van der Waals surface area contributed by atoms with Crippen LogP contribution in [0.3, 0.4) is 0 Å². The number of benzene rings is 1. The Morgan fingerprint density at radius 1 is 1.30 bits per heavy atom. The van der Waals surface area contributed by atoms with Gasteiger partial charge in [0, 0.05) is 26.3 Å². The van der Waals surface area contributed by atoms with E-state index in [-0.39, 0.29) is 6.04 Å². The van der Waals surface area contributed by atoms with Crippen LogP contribution in [-0.4, -0.2) is 23.9 Å². The predicted octanol–water partition coefficient (Wildman–Crippen LogP) is 3.06. The third kappa shape index (κ3) is 2.97. The quantitative estimate of drug-likeness (QED) is 0.921. The van der Waals surface area contributed by atoms with E-state index in [2.05, 4.69) is 29.1 Å². The highest BCUT2D eigenvalue weighted by atomic mass is 35.5. The number of nitrogens with two attached hydrogens (primary N) is 1. The Labute approximate surface area is 125 Å². The largest absolute Gasteiger partial charge is 0.378 e. The van der Waals surface area contributed by atoms with Gasteiger partial charge in [0.1, 0.15) is 0 Å². The molecule has 0 aliphatic rings. The molecular formula is C15H21ClN4. The fraction of sp³-hybridized carbons (Fsp3) is 0.400. The van der Waals surface area contributed by atoms with Crippen LogP contribution in [0, 0.1) is 0 Å². The van der Waals surface area contributed by atoms with Gasteiger partial charge in [0.15, 0.2) is 0 Å². The van der Waals surface area contributed by atoms with Crippen molar-refractivity contribution >= 4 is 17.3 Å². The Morgan fingerprint density at radius 3 is 2.50 bits per heavy atom. The first-order valence-corrected chi connectivity index (χ1v) is 7.16. The van der Waals surface area contributed by atoms with E-state index >= 15 is 0 Å². The highest BCUT2D eigenvalue weighted by Gasteiger charge is 2.18. The summed E-state index contributed by atoms with van der Waals surface area (Å²) in [6.07, 6.45) is 2.66. The minimum Gasteiger partial charge on any atom is -0.378 e. The number of anilines is 1. The molecule has 0 amide bonds. The van der Waals surface area contributed by atoms with Gasteiger partial charge in [0.05, 0.1) is 23.0 Å². The van der Waals surface area contributed by atoms with Gasteiger partial charge in [-0.25, -0.2) is 0 Å². The fourth-order valence-electron chi connectivity index (χ4n) is 2.21. The molecular weight excluding hydrogens is 272 g/mol. The number of nitrogens with zero attached hydrogens (tertiary/aromatic N) is 3.